The third-order valence-corrected chi connectivity index (χ3v) is 7.36. The summed E-state index contributed by atoms with van der Waals surface area (Å²) in [6, 6.07) is 3.96. The number of halogens is 3. The zero-order valence-electron chi connectivity index (χ0n) is 18.9. The molecule has 5 rings (SSSR count). The van der Waals surface area contributed by atoms with Crippen molar-refractivity contribution in [2.75, 3.05) is 13.2 Å². The number of amides is 2. The maximum atomic E-state index is 14.7. The zero-order chi connectivity index (χ0) is 24.1. The molecule has 9 heteroatoms. The molecule has 1 aromatic carbocycles. The zero-order valence-corrected chi connectivity index (χ0v) is 19.7. The minimum atomic E-state index is -0.782. The number of aromatic nitrogens is 1. The van der Waals surface area contributed by atoms with Crippen LogP contribution in [0.2, 0.25) is 5.02 Å². The van der Waals surface area contributed by atoms with Gasteiger partial charge in [-0.3, -0.25) is 14.6 Å². The standard InChI is InChI=1S/C25H26ClF2N3O3/c1-12(2)20-5-13(3-4-29-20)25(33)31-21-6-14(21)7-22(31)24(32)30-23(15-10-34-11-15)16-8-19(28)17(26)9-18(16)27/h3-5,8-9,12,14-15,21-23H,6-7,10-11H2,1-2H3,(H,30,32)/t14-,21-,22-,23-/m1/s1. The maximum Gasteiger partial charge on any atom is 0.254 e. The van der Waals surface area contributed by atoms with Gasteiger partial charge in [-0.2, -0.15) is 0 Å². The first-order valence-corrected chi connectivity index (χ1v) is 11.9. The van der Waals surface area contributed by atoms with E-state index in [2.05, 4.69) is 10.3 Å². The quantitative estimate of drug-likeness (QED) is 0.616. The van der Waals surface area contributed by atoms with Crippen LogP contribution in [0.15, 0.2) is 30.5 Å². The highest BCUT2D eigenvalue weighted by Gasteiger charge is 2.56. The van der Waals surface area contributed by atoms with E-state index in [-0.39, 0.29) is 46.2 Å². The summed E-state index contributed by atoms with van der Waals surface area (Å²) in [5, 5.41) is 2.58. The monoisotopic (exact) mass is 489 g/mol. The SMILES string of the molecule is CC(C)c1cc(C(=O)N2[C@@H](C(=O)N[C@@H](c3cc(F)c(Cl)cc3F)C3COC3)C[C@H]3C[C@H]32)ccn1. The van der Waals surface area contributed by atoms with Gasteiger partial charge in [-0.05, 0) is 48.9 Å². The Hall–Kier alpha value is -2.58. The molecule has 2 aromatic rings. The molecule has 4 atom stereocenters. The van der Waals surface area contributed by atoms with Crippen molar-refractivity contribution in [2.45, 2.75) is 50.7 Å². The Labute approximate surface area is 201 Å². The molecule has 0 bridgehead atoms. The van der Waals surface area contributed by atoms with Crippen molar-refractivity contribution in [3.8, 4) is 0 Å². The van der Waals surface area contributed by atoms with E-state index < -0.39 is 23.7 Å². The van der Waals surface area contributed by atoms with Crippen LogP contribution in [0, 0.1) is 23.5 Å². The van der Waals surface area contributed by atoms with E-state index in [1.54, 1.807) is 23.2 Å². The molecule has 2 aliphatic heterocycles. The first-order valence-electron chi connectivity index (χ1n) is 11.6. The topological polar surface area (TPSA) is 71.5 Å². The van der Waals surface area contributed by atoms with E-state index in [4.69, 9.17) is 16.3 Å². The molecule has 0 spiro atoms. The number of ether oxygens (including phenoxy) is 1. The minimum Gasteiger partial charge on any atom is -0.381 e. The summed E-state index contributed by atoms with van der Waals surface area (Å²) in [6.07, 6.45) is 3.03. The molecule has 3 fully saturated rings. The van der Waals surface area contributed by atoms with Gasteiger partial charge in [0.25, 0.3) is 5.91 Å². The van der Waals surface area contributed by atoms with Crippen LogP contribution < -0.4 is 5.32 Å². The van der Waals surface area contributed by atoms with Gasteiger partial charge in [-0.25, -0.2) is 8.78 Å². The first-order chi connectivity index (χ1) is 16.2. The number of carbonyl (C=O) groups is 2. The fourth-order valence-corrected chi connectivity index (χ4v) is 5.10. The third-order valence-electron chi connectivity index (χ3n) is 7.07. The molecule has 3 aliphatic rings. The number of nitrogens with one attached hydrogen (secondary N) is 1. The highest BCUT2D eigenvalue weighted by Crippen LogP contribution is 2.48. The van der Waals surface area contributed by atoms with Crippen LogP contribution in [0.4, 0.5) is 8.78 Å². The van der Waals surface area contributed by atoms with Crippen molar-refractivity contribution >= 4 is 23.4 Å². The molecule has 3 heterocycles. The van der Waals surface area contributed by atoms with Gasteiger partial charge in [0, 0.05) is 35.0 Å². The van der Waals surface area contributed by atoms with Crippen molar-refractivity contribution in [3.05, 3.63) is 63.9 Å². The van der Waals surface area contributed by atoms with Gasteiger partial charge in [0.1, 0.15) is 17.7 Å². The number of benzene rings is 1. The second-order valence-electron chi connectivity index (χ2n) is 9.72. The van der Waals surface area contributed by atoms with Crippen LogP contribution in [0.1, 0.15) is 60.3 Å². The molecule has 1 N–H and O–H groups in total. The van der Waals surface area contributed by atoms with Crippen molar-refractivity contribution in [1.29, 1.82) is 0 Å². The Bertz CT molecular complexity index is 1140. The van der Waals surface area contributed by atoms with Gasteiger partial charge in [-0.15, -0.1) is 0 Å². The highest BCUT2D eigenvalue weighted by atomic mass is 35.5. The molecular formula is C25H26ClF2N3O3. The van der Waals surface area contributed by atoms with Crippen LogP contribution >= 0.6 is 11.6 Å². The lowest BCUT2D eigenvalue weighted by Gasteiger charge is -2.36. The second-order valence-corrected chi connectivity index (χ2v) is 10.1. The summed E-state index contributed by atoms with van der Waals surface area (Å²) in [6.45, 7) is 4.65. The average molecular weight is 490 g/mol. The van der Waals surface area contributed by atoms with Crippen LogP contribution in [-0.2, 0) is 9.53 Å². The van der Waals surface area contributed by atoms with Crippen molar-refractivity contribution in [1.82, 2.24) is 15.2 Å². The first kappa shape index (κ1) is 23.2. The van der Waals surface area contributed by atoms with E-state index in [1.807, 2.05) is 13.8 Å². The Morgan fingerprint density at radius 3 is 2.62 bits per heavy atom. The van der Waals surface area contributed by atoms with Crippen LogP contribution in [0.25, 0.3) is 0 Å². The lowest BCUT2D eigenvalue weighted by molar-refractivity contribution is -0.128. The highest BCUT2D eigenvalue weighted by molar-refractivity contribution is 6.30. The Morgan fingerprint density at radius 2 is 1.94 bits per heavy atom. The summed E-state index contributed by atoms with van der Waals surface area (Å²) >= 11 is 5.72. The van der Waals surface area contributed by atoms with Gasteiger partial charge >= 0.3 is 0 Å². The largest absolute Gasteiger partial charge is 0.381 e. The molecule has 0 unspecified atom stereocenters. The summed E-state index contributed by atoms with van der Waals surface area (Å²) < 4.78 is 34.1. The second kappa shape index (κ2) is 8.89. The predicted octanol–water partition coefficient (Wildman–Crippen LogP) is 4.24. The number of nitrogens with zero attached hydrogens (tertiary/aromatic N) is 2. The van der Waals surface area contributed by atoms with E-state index in [9.17, 15) is 18.4 Å². The van der Waals surface area contributed by atoms with Gasteiger partial charge in [-0.1, -0.05) is 25.4 Å². The number of pyridine rings is 1. The lowest BCUT2D eigenvalue weighted by Crippen LogP contribution is -2.51. The van der Waals surface area contributed by atoms with Crippen LogP contribution in [0.3, 0.4) is 0 Å². The average Bonchev–Trinajstić information content (AvgIpc) is 3.43. The summed E-state index contributed by atoms with van der Waals surface area (Å²) in [4.78, 5) is 32.8. The van der Waals surface area contributed by atoms with Crippen molar-refractivity contribution < 1.29 is 23.1 Å². The summed E-state index contributed by atoms with van der Waals surface area (Å²) in [7, 11) is 0. The number of carbonyl (C=O) groups excluding carboxylic acids is 2. The fourth-order valence-electron chi connectivity index (χ4n) is 4.95. The molecule has 1 saturated carbocycles. The van der Waals surface area contributed by atoms with Crippen molar-refractivity contribution in [3.63, 3.8) is 0 Å². The molecule has 6 nitrogen and oxygen atoms in total. The number of rotatable bonds is 6. The Kier molecular flexibility index (Phi) is 6.06. The molecule has 180 valence electrons. The number of fused-ring (bicyclic) bond motifs is 1. The third kappa shape index (κ3) is 4.18. The molecule has 34 heavy (non-hydrogen) atoms. The Morgan fingerprint density at radius 1 is 1.18 bits per heavy atom. The maximum absolute atomic E-state index is 14.7. The van der Waals surface area contributed by atoms with E-state index >= 15 is 0 Å². The number of piperidine rings is 1. The predicted molar refractivity (Wildman–Crippen MR) is 121 cm³/mol. The lowest BCUT2D eigenvalue weighted by atomic mass is 9.90. The van der Waals surface area contributed by atoms with E-state index in [0.717, 1.165) is 24.2 Å². The normalized spacial score (nSPS) is 24.5. The number of hydrogen-bond acceptors (Lipinski definition) is 4. The fraction of sp³-hybridized carbons (Fsp3) is 0.480. The summed E-state index contributed by atoms with van der Waals surface area (Å²) in [5.41, 5.74) is 1.34. The van der Waals surface area contributed by atoms with Crippen LogP contribution in [0.5, 0.6) is 0 Å². The molecule has 1 aliphatic carbocycles. The van der Waals surface area contributed by atoms with Gasteiger partial charge in [0.15, 0.2) is 0 Å². The van der Waals surface area contributed by atoms with Gasteiger partial charge in [0.2, 0.25) is 5.91 Å². The number of likely N-dealkylation sites (tertiary alicyclic amines) is 1. The molecular weight excluding hydrogens is 464 g/mol. The number of hydrogen-bond donors (Lipinski definition) is 1. The van der Waals surface area contributed by atoms with Crippen LogP contribution in [-0.4, -0.2) is 47.0 Å². The summed E-state index contributed by atoms with van der Waals surface area (Å²) in [5.74, 6) is -1.78. The molecule has 1 aromatic heterocycles. The smallest absolute Gasteiger partial charge is 0.254 e. The molecule has 2 saturated heterocycles. The minimum absolute atomic E-state index is 0.0223. The van der Waals surface area contributed by atoms with E-state index in [0.29, 0.717) is 25.2 Å². The molecule has 2 amide bonds. The molecule has 0 radical (unpaired) electrons. The van der Waals surface area contributed by atoms with Gasteiger partial charge in [0.05, 0.1) is 24.3 Å². The Balaban J connectivity index is 1.39. The van der Waals surface area contributed by atoms with Gasteiger partial charge < -0.3 is 15.0 Å². The van der Waals surface area contributed by atoms with E-state index in [1.165, 1.54) is 0 Å². The van der Waals surface area contributed by atoms with Crippen molar-refractivity contribution in [2.24, 2.45) is 11.8 Å².